The third kappa shape index (κ3) is 1.77. The lowest BCUT2D eigenvalue weighted by atomic mass is 10.2. The Morgan fingerprint density at radius 2 is 2.31 bits per heavy atom. The molecule has 5 heteroatoms. The van der Waals surface area contributed by atoms with Crippen LogP contribution in [0.2, 0.25) is 5.02 Å². The van der Waals surface area contributed by atoms with Gasteiger partial charge in [-0.05, 0) is 15.9 Å². The third-order valence-electron chi connectivity index (χ3n) is 1.45. The lowest BCUT2D eigenvalue weighted by Crippen LogP contribution is -1.92. The highest BCUT2D eigenvalue weighted by Crippen LogP contribution is 2.34. The molecule has 0 unspecified atom stereocenters. The number of hydrogen-bond donors (Lipinski definition) is 0. The van der Waals surface area contributed by atoms with Gasteiger partial charge in [0.1, 0.15) is 6.07 Å². The Morgan fingerprint density at radius 3 is 2.77 bits per heavy atom. The van der Waals surface area contributed by atoms with Crippen LogP contribution in [-0.2, 0) is 0 Å². The fourth-order valence-corrected chi connectivity index (χ4v) is 1.38. The molecule has 0 aromatic heterocycles. The normalized spacial score (nSPS) is 9.46. The van der Waals surface area contributed by atoms with Crippen molar-refractivity contribution in [2.24, 2.45) is 0 Å². The lowest BCUT2D eigenvalue weighted by molar-refractivity contribution is 0.386. The zero-order valence-electron chi connectivity index (χ0n) is 6.57. The summed E-state index contributed by atoms with van der Waals surface area (Å²) in [5, 5.41) is 8.49. The van der Waals surface area contributed by atoms with Gasteiger partial charge in [0, 0.05) is 6.07 Å². The highest BCUT2D eigenvalue weighted by Gasteiger charge is 2.15. The van der Waals surface area contributed by atoms with E-state index in [9.17, 15) is 4.39 Å². The molecule has 0 bridgehead atoms. The van der Waals surface area contributed by atoms with Crippen molar-refractivity contribution in [3.8, 4) is 11.8 Å². The number of halogens is 3. The van der Waals surface area contributed by atoms with Gasteiger partial charge in [-0.1, -0.05) is 11.6 Å². The van der Waals surface area contributed by atoms with E-state index in [1.54, 1.807) is 0 Å². The summed E-state index contributed by atoms with van der Waals surface area (Å²) < 4.78 is 18.1. The fourth-order valence-electron chi connectivity index (χ4n) is 0.810. The van der Waals surface area contributed by atoms with E-state index in [-0.39, 0.29) is 20.8 Å². The second-order valence-electron chi connectivity index (χ2n) is 2.18. The van der Waals surface area contributed by atoms with Crippen LogP contribution in [0.1, 0.15) is 5.56 Å². The number of nitriles is 1. The number of nitrogens with zero attached hydrogens (tertiary/aromatic N) is 1. The summed E-state index contributed by atoms with van der Waals surface area (Å²) in [6.07, 6.45) is 0. The summed E-state index contributed by atoms with van der Waals surface area (Å²) in [5.74, 6) is -0.709. The molecule has 0 heterocycles. The monoisotopic (exact) mass is 263 g/mol. The maximum atomic E-state index is 13.2. The predicted molar refractivity (Wildman–Crippen MR) is 50.4 cm³/mol. The Kier molecular flexibility index (Phi) is 3.12. The smallest absolute Gasteiger partial charge is 0.184 e. The van der Waals surface area contributed by atoms with Crippen molar-refractivity contribution in [3.05, 3.63) is 26.9 Å². The molecular formula is C8H4BrClFNO. The zero-order valence-corrected chi connectivity index (χ0v) is 8.91. The van der Waals surface area contributed by atoms with Crippen molar-refractivity contribution in [3.63, 3.8) is 0 Å². The second-order valence-corrected chi connectivity index (χ2v) is 3.35. The Bertz CT molecular complexity index is 389. The molecule has 0 radical (unpaired) electrons. The zero-order chi connectivity index (χ0) is 10.0. The number of ether oxygens (including phenoxy) is 1. The third-order valence-corrected chi connectivity index (χ3v) is 2.86. The Labute approximate surface area is 88.0 Å². The van der Waals surface area contributed by atoms with E-state index in [4.69, 9.17) is 21.6 Å². The number of benzene rings is 1. The van der Waals surface area contributed by atoms with E-state index < -0.39 is 5.82 Å². The summed E-state index contributed by atoms with van der Waals surface area (Å²) in [6.45, 7) is 0. The molecule has 1 aromatic rings. The van der Waals surface area contributed by atoms with Crippen LogP contribution in [0.25, 0.3) is 0 Å². The van der Waals surface area contributed by atoms with Crippen LogP contribution in [0.5, 0.6) is 5.75 Å². The molecule has 13 heavy (non-hydrogen) atoms. The van der Waals surface area contributed by atoms with E-state index in [2.05, 4.69) is 15.9 Å². The minimum atomic E-state index is -0.671. The van der Waals surface area contributed by atoms with Crippen LogP contribution in [0.3, 0.4) is 0 Å². The van der Waals surface area contributed by atoms with Gasteiger partial charge in [0.25, 0.3) is 0 Å². The van der Waals surface area contributed by atoms with E-state index in [1.807, 2.05) is 6.07 Å². The minimum Gasteiger partial charge on any atom is -0.494 e. The van der Waals surface area contributed by atoms with Crippen LogP contribution >= 0.6 is 27.5 Å². The van der Waals surface area contributed by atoms with E-state index >= 15 is 0 Å². The molecule has 0 aliphatic rings. The van der Waals surface area contributed by atoms with Gasteiger partial charge >= 0.3 is 0 Å². The van der Waals surface area contributed by atoms with E-state index in [1.165, 1.54) is 13.2 Å². The molecule has 0 aliphatic carbocycles. The van der Waals surface area contributed by atoms with Gasteiger partial charge in [-0.2, -0.15) is 5.26 Å². The van der Waals surface area contributed by atoms with Crippen molar-refractivity contribution < 1.29 is 9.13 Å². The molecule has 0 atom stereocenters. The predicted octanol–water partition coefficient (Wildman–Crippen LogP) is 3.12. The van der Waals surface area contributed by atoms with Crippen molar-refractivity contribution >= 4 is 27.5 Å². The summed E-state index contributed by atoms with van der Waals surface area (Å²) in [4.78, 5) is 0. The van der Waals surface area contributed by atoms with E-state index in [0.29, 0.717) is 0 Å². The standard InChI is InChI=1S/C8H4BrClFNO/c1-13-5-2-4(3-12)6(9)7(10)8(5)11/h2H,1H3. The van der Waals surface area contributed by atoms with Crippen LogP contribution in [0, 0.1) is 17.1 Å². The molecule has 1 rings (SSSR count). The first-order valence-electron chi connectivity index (χ1n) is 3.23. The molecule has 0 amide bonds. The van der Waals surface area contributed by atoms with Crippen LogP contribution in [-0.4, -0.2) is 7.11 Å². The molecule has 0 saturated heterocycles. The highest BCUT2D eigenvalue weighted by molar-refractivity contribution is 9.10. The minimum absolute atomic E-state index is 0.0373. The van der Waals surface area contributed by atoms with Crippen molar-refractivity contribution in [1.82, 2.24) is 0 Å². The number of rotatable bonds is 1. The van der Waals surface area contributed by atoms with Crippen molar-refractivity contribution in [2.75, 3.05) is 7.11 Å². The average molecular weight is 264 g/mol. The summed E-state index contributed by atoms with van der Waals surface area (Å²) in [6, 6.07) is 3.14. The quantitative estimate of drug-likeness (QED) is 0.730. The first kappa shape index (κ1) is 10.3. The summed E-state index contributed by atoms with van der Waals surface area (Å²) in [5.41, 5.74) is 0.239. The highest BCUT2D eigenvalue weighted by atomic mass is 79.9. The van der Waals surface area contributed by atoms with Crippen LogP contribution < -0.4 is 4.74 Å². The molecule has 0 fully saturated rings. The number of methoxy groups -OCH3 is 1. The number of hydrogen-bond acceptors (Lipinski definition) is 2. The van der Waals surface area contributed by atoms with Crippen LogP contribution in [0.4, 0.5) is 4.39 Å². The second kappa shape index (κ2) is 3.95. The van der Waals surface area contributed by atoms with Gasteiger partial charge in [0.05, 0.1) is 22.2 Å². The van der Waals surface area contributed by atoms with Gasteiger partial charge in [-0.3, -0.25) is 0 Å². The molecule has 68 valence electrons. The van der Waals surface area contributed by atoms with Gasteiger partial charge in [0.15, 0.2) is 11.6 Å². The van der Waals surface area contributed by atoms with Gasteiger partial charge in [0.2, 0.25) is 0 Å². The van der Waals surface area contributed by atoms with Gasteiger partial charge in [-0.25, -0.2) is 4.39 Å². The molecule has 2 nitrogen and oxygen atoms in total. The first-order valence-corrected chi connectivity index (χ1v) is 4.40. The SMILES string of the molecule is COc1cc(C#N)c(Br)c(Cl)c1F. The largest absolute Gasteiger partial charge is 0.494 e. The molecule has 0 N–H and O–H groups in total. The average Bonchev–Trinajstić information content (AvgIpc) is 2.15. The van der Waals surface area contributed by atoms with Crippen molar-refractivity contribution in [2.45, 2.75) is 0 Å². The lowest BCUT2D eigenvalue weighted by Gasteiger charge is -2.05. The molecule has 1 aromatic carbocycles. The summed E-state index contributed by atoms with van der Waals surface area (Å²) in [7, 11) is 1.31. The van der Waals surface area contributed by atoms with Gasteiger partial charge < -0.3 is 4.74 Å². The van der Waals surface area contributed by atoms with E-state index in [0.717, 1.165) is 0 Å². The summed E-state index contributed by atoms with van der Waals surface area (Å²) >= 11 is 8.60. The Morgan fingerprint density at radius 1 is 1.69 bits per heavy atom. The Hall–Kier alpha value is -0.790. The first-order chi connectivity index (χ1) is 6.11. The molecule has 0 spiro atoms. The fraction of sp³-hybridized carbons (Fsp3) is 0.125. The Balaban J connectivity index is 3.48. The maximum absolute atomic E-state index is 13.2. The molecule has 0 saturated carbocycles. The molecular weight excluding hydrogens is 260 g/mol. The van der Waals surface area contributed by atoms with Gasteiger partial charge in [-0.15, -0.1) is 0 Å². The van der Waals surface area contributed by atoms with Crippen molar-refractivity contribution in [1.29, 1.82) is 5.26 Å². The maximum Gasteiger partial charge on any atom is 0.184 e. The molecule has 0 aliphatic heterocycles. The van der Waals surface area contributed by atoms with Crippen LogP contribution in [0.15, 0.2) is 10.5 Å². The topological polar surface area (TPSA) is 33.0 Å².